The third-order valence-electron chi connectivity index (χ3n) is 3.28. The molecule has 18 heavy (non-hydrogen) atoms. The van der Waals surface area contributed by atoms with Crippen LogP contribution in [-0.4, -0.2) is 29.1 Å². The molecule has 0 saturated carbocycles. The molecule has 0 aromatic carbocycles. The molecular formula is C14H24N4. The van der Waals surface area contributed by atoms with Crippen LogP contribution in [0.5, 0.6) is 0 Å². The highest BCUT2D eigenvalue weighted by atomic mass is 15.2. The van der Waals surface area contributed by atoms with E-state index in [-0.39, 0.29) is 5.41 Å². The van der Waals surface area contributed by atoms with E-state index in [0.717, 1.165) is 43.9 Å². The average Bonchev–Trinajstić information content (AvgIpc) is 2.28. The minimum absolute atomic E-state index is 0.260. The topological polar surface area (TPSA) is 55.0 Å². The number of hydrogen-bond acceptors (Lipinski definition) is 4. The highest BCUT2D eigenvalue weighted by Gasteiger charge is 2.18. The van der Waals surface area contributed by atoms with Gasteiger partial charge < -0.3 is 10.6 Å². The second-order valence-electron chi connectivity index (χ2n) is 6.43. The van der Waals surface area contributed by atoms with Crippen LogP contribution >= 0.6 is 0 Å². The molecule has 4 heteroatoms. The standard InChI is InChI=1S/C14H24N4/c1-14(2,3)9-12-8-13(17-10-16-12)18-6-4-11(15)5-7-18/h8,10-11H,4-7,9,15H2,1-3H3. The summed E-state index contributed by atoms with van der Waals surface area (Å²) in [5, 5.41) is 0. The number of nitrogens with two attached hydrogens (primary N) is 1. The molecule has 0 atom stereocenters. The molecule has 0 radical (unpaired) electrons. The van der Waals surface area contributed by atoms with Crippen molar-refractivity contribution in [2.75, 3.05) is 18.0 Å². The van der Waals surface area contributed by atoms with Crippen LogP contribution in [0.4, 0.5) is 5.82 Å². The lowest BCUT2D eigenvalue weighted by molar-refractivity contribution is 0.406. The van der Waals surface area contributed by atoms with Crippen molar-refractivity contribution in [1.82, 2.24) is 9.97 Å². The third kappa shape index (κ3) is 3.67. The van der Waals surface area contributed by atoms with E-state index in [4.69, 9.17) is 5.73 Å². The van der Waals surface area contributed by atoms with Crippen molar-refractivity contribution >= 4 is 5.82 Å². The van der Waals surface area contributed by atoms with Gasteiger partial charge in [-0.15, -0.1) is 0 Å². The summed E-state index contributed by atoms with van der Waals surface area (Å²) < 4.78 is 0. The fraction of sp³-hybridized carbons (Fsp3) is 0.714. The second-order valence-corrected chi connectivity index (χ2v) is 6.43. The lowest BCUT2D eigenvalue weighted by Gasteiger charge is -2.31. The monoisotopic (exact) mass is 248 g/mol. The summed E-state index contributed by atoms with van der Waals surface area (Å²) in [5.74, 6) is 1.05. The van der Waals surface area contributed by atoms with E-state index in [1.807, 2.05) is 0 Å². The molecule has 0 unspecified atom stereocenters. The van der Waals surface area contributed by atoms with Gasteiger partial charge in [-0.1, -0.05) is 20.8 Å². The van der Waals surface area contributed by atoms with Crippen LogP contribution in [0.15, 0.2) is 12.4 Å². The summed E-state index contributed by atoms with van der Waals surface area (Å²) in [6, 6.07) is 2.49. The summed E-state index contributed by atoms with van der Waals surface area (Å²) in [7, 11) is 0. The van der Waals surface area contributed by atoms with Crippen molar-refractivity contribution in [3.63, 3.8) is 0 Å². The molecule has 1 saturated heterocycles. The first-order chi connectivity index (χ1) is 8.44. The van der Waals surface area contributed by atoms with Gasteiger partial charge in [0.15, 0.2) is 0 Å². The largest absolute Gasteiger partial charge is 0.356 e. The van der Waals surface area contributed by atoms with Gasteiger partial charge in [0.1, 0.15) is 12.1 Å². The Morgan fingerprint density at radius 1 is 1.28 bits per heavy atom. The van der Waals surface area contributed by atoms with Gasteiger partial charge in [-0.25, -0.2) is 9.97 Å². The van der Waals surface area contributed by atoms with Crippen molar-refractivity contribution in [1.29, 1.82) is 0 Å². The Balaban J connectivity index is 2.07. The maximum Gasteiger partial charge on any atom is 0.132 e. The molecule has 1 aliphatic rings. The Hall–Kier alpha value is -1.16. The number of rotatable bonds is 2. The van der Waals surface area contributed by atoms with E-state index in [9.17, 15) is 0 Å². The first kappa shape index (κ1) is 13.3. The van der Waals surface area contributed by atoms with Crippen LogP contribution in [0.3, 0.4) is 0 Å². The van der Waals surface area contributed by atoms with E-state index in [1.165, 1.54) is 0 Å². The van der Waals surface area contributed by atoms with E-state index in [2.05, 4.69) is 41.7 Å². The van der Waals surface area contributed by atoms with E-state index in [1.54, 1.807) is 6.33 Å². The molecule has 2 rings (SSSR count). The first-order valence-electron chi connectivity index (χ1n) is 6.75. The van der Waals surface area contributed by atoms with Gasteiger partial charge in [0.05, 0.1) is 0 Å². The summed E-state index contributed by atoms with van der Waals surface area (Å²) in [6.45, 7) is 8.71. The molecule has 4 nitrogen and oxygen atoms in total. The first-order valence-corrected chi connectivity index (χ1v) is 6.75. The van der Waals surface area contributed by atoms with Gasteiger partial charge in [-0.3, -0.25) is 0 Å². The molecule has 2 N–H and O–H groups in total. The molecule has 0 aliphatic carbocycles. The lowest BCUT2D eigenvalue weighted by Crippen LogP contribution is -2.40. The number of aromatic nitrogens is 2. The Bertz CT molecular complexity index is 389. The Labute approximate surface area is 110 Å². The Kier molecular flexibility index (Phi) is 3.85. The summed E-state index contributed by atoms with van der Waals surface area (Å²) in [5.41, 5.74) is 7.32. The van der Waals surface area contributed by atoms with E-state index < -0.39 is 0 Å². The predicted octanol–water partition coefficient (Wildman–Crippen LogP) is 1.99. The van der Waals surface area contributed by atoms with Crippen molar-refractivity contribution in [2.45, 2.75) is 46.1 Å². The smallest absolute Gasteiger partial charge is 0.132 e. The molecule has 1 fully saturated rings. The average molecular weight is 248 g/mol. The summed E-state index contributed by atoms with van der Waals surface area (Å²) in [4.78, 5) is 11.1. The van der Waals surface area contributed by atoms with Crippen molar-refractivity contribution in [3.8, 4) is 0 Å². The fourth-order valence-corrected chi connectivity index (χ4v) is 2.33. The van der Waals surface area contributed by atoms with Gasteiger partial charge in [-0.2, -0.15) is 0 Å². The molecular weight excluding hydrogens is 224 g/mol. The van der Waals surface area contributed by atoms with Crippen LogP contribution in [-0.2, 0) is 6.42 Å². The highest BCUT2D eigenvalue weighted by Crippen LogP contribution is 2.22. The van der Waals surface area contributed by atoms with Gasteiger partial charge in [-0.05, 0) is 24.7 Å². The van der Waals surface area contributed by atoms with Gasteiger partial charge in [0.25, 0.3) is 0 Å². The molecule has 1 aromatic rings. The van der Waals surface area contributed by atoms with Crippen molar-refractivity contribution < 1.29 is 0 Å². The zero-order valence-electron chi connectivity index (χ0n) is 11.7. The van der Waals surface area contributed by atoms with Crippen LogP contribution in [0, 0.1) is 5.41 Å². The van der Waals surface area contributed by atoms with Gasteiger partial charge in [0.2, 0.25) is 0 Å². The van der Waals surface area contributed by atoms with Crippen LogP contribution in [0.25, 0.3) is 0 Å². The van der Waals surface area contributed by atoms with Crippen LogP contribution < -0.4 is 10.6 Å². The maximum atomic E-state index is 5.93. The van der Waals surface area contributed by atoms with Crippen molar-refractivity contribution in [3.05, 3.63) is 18.1 Å². The van der Waals surface area contributed by atoms with Crippen LogP contribution in [0.1, 0.15) is 39.3 Å². The molecule has 0 bridgehead atoms. The number of anilines is 1. The second kappa shape index (κ2) is 5.22. The zero-order valence-corrected chi connectivity index (χ0v) is 11.7. The summed E-state index contributed by atoms with van der Waals surface area (Å²) in [6.07, 6.45) is 4.78. The molecule has 0 amide bonds. The Morgan fingerprint density at radius 3 is 2.56 bits per heavy atom. The van der Waals surface area contributed by atoms with Gasteiger partial charge >= 0.3 is 0 Å². The zero-order chi connectivity index (χ0) is 13.2. The Morgan fingerprint density at radius 2 is 1.94 bits per heavy atom. The highest BCUT2D eigenvalue weighted by molar-refractivity contribution is 5.39. The maximum absolute atomic E-state index is 5.93. The molecule has 100 valence electrons. The third-order valence-corrected chi connectivity index (χ3v) is 3.28. The minimum Gasteiger partial charge on any atom is -0.356 e. The van der Waals surface area contributed by atoms with E-state index in [0.29, 0.717) is 6.04 Å². The quantitative estimate of drug-likeness (QED) is 0.869. The van der Waals surface area contributed by atoms with Crippen molar-refractivity contribution in [2.24, 2.45) is 11.1 Å². The molecule has 2 heterocycles. The van der Waals surface area contributed by atoms with E-state index >= 15 is 0 Å². The molecule has 0 spiro atoms. The number of piperidine rings is 1. The number of hydrogen-bond donors (Lipinski definition) is 1. The molecule has 1 aromatic heterocycles. The van der Waals surface area contributed by atoms with Crippen LogP contribution in [0.2, 0.25) is 0 Å². The van der Waals surface area contributed by atoms with Gasteiger partial charge in [0, 0.05) is 30.9 Å². The molecule has 1 aliphatic heterocycles. The SMILES string of the molecule is CC(C)(C)Cc1cc(N2CCC(N)CC2)ncn1. The summed E-state index contributed by atoms with van der Waals surface area (Å²) >= 11 is 0. The number of nitrogens with zero attached hydrogens (tertiary/aromatic N) is 3. The minimum atomic E-state index is 0.260. The normalized spacial score (nSPS) is 18.1. The lowest BCUT2D eigenvalue weighted by atomic mass is 9.90. The predicted molar refractivity (Wildman–Crippen MR) is 74.6 cm³/mol. The fourth-order valence-electron chi connectivity index (χ4n) is 2.33.